The zero-order valence-electron chi connectivity index (χ0n) is 8.33. The number of fused-ring (bicyclic) bond motifs is 3. The van der Waals surface area contributed by atoms with E-state index in [0.29, 0.717) is 5.75 Å². The van der Waals surface area contributed by atoms with Crippen LogP contribution in [0.4, 0.5) is 0 Å². The summed E-state index contributed by atoms with van der Waals surface area (Å²) < 4.78 is 5.53. The topological polar surface area (TPSA) is 29.5 Å². The lowest BCUT2D eigenvalue weighted by Crippen LogP contribution is -2.16. The van der Waals surface area contributed by atoms with E-state index in [0.717, 1.165) is 16.4 Å². The van der Waals surface area contributed by atoms with Gasteiger partial charge in [-0.05, 0) is 29.5 Å². The molecule has 1 unspecified atom stereocenters. The molecule has 0 saturated heterocycles. The summed E-state index contributed by atoms with van der Waals surface area (Å²) in [6.45, 7) is -2.88. The number of para-hydroxylation sites is 1. The van der Waals surface area contributed by atoms with Gasteiger partial charge in [-0.2, -0.15) is 0 Å². The van der Waals surface area contributed by atoms with Crippen LogP contribution in [0.3, 0.4) is 0 Å². The van der Waals surface area contributed by atoms with E-state index in [1.807, 2.05) is 48.5 Å². The van der Waals surface area contributed by atoms with Crippen molar-refractivity contribution in [1.82, 2.24) is 0 Å². The number of benzene rings is 2. The van der Waals surface area contributed by atoms with Crippen LogP contribution in [-0.4, -0.2) is 4.89 Å². The fraction of sp³-hybridized carbons (Fsp3) is 0. The Morgan fingerprint density at radius 3 is 2.38 bits per heavy atom. The van der Waals surface area contributed by atoms with Gasteiger partial charge in [0.2, 0.25) is 0 Å². The van der Waals surface area contributed by atoms with E-state index in [9.17, 15) is 4.89 Å². The lowest BCUT2D eigenvalue weighted by molar-refractivity contribution is 0.494. The van der Waals surface area contributed by atoms with E-state index in [1.165, 1.54) is 0 Å². The minimum Gasteiger partial charge on any atom is -0.440 e. The van der Waals surface area contributed by atoms with E-state index in [2.05, 4.69) is 0 Å². The van der Waals surface area contributed by atoms with Crippen molar-refractivity contribution >= 4 is 23.6 Å². The first-order valence-electron chi connectivity index (χ1n) is 4.90. The fourth-order valence-corrected chi connectivity index (χ4v) is 3.92. The molecular weight excluding hydrogens is 239 g/mol. The third-order valence-electron chi connectivity index (χ3n) is 2.61. The second kappa shape index (κ2) is 3.42. The third-order valence-corrected chi connectivity index (χ3v) is 4.86. The molecule has 0 bridgehead atoms. The molecule has 0 radical (unpaired) electrons. The van der Waals surface area contributed by atoms with Gasteiger partial charge in [-0.15, -0.1) is 0 Å². The molecule has 1 atom stereocenters. The molecule has 1 heterocycles. The summed E-state index contributed by atoms with van der Waals surface area (Å²) in [7, 11) is 0. The Balaban J connectivity index is 2.38. The molecule has 2 aromatic rings. The van der Waals surface area contributed by atoms with Crippen LogP contribution in [0.2, 0.25) is 0 Å². The van der Waals surface area contributed by atoms with Gasteiger partial charge in [-0.3, -0.25) is 0 Å². The number of hydrogen-bond donors (Lipinski definition) is 1. The quantitative estimate of drug-likeness (QED) is 0.727. The lowest BCUT2D eigenvalue weighted by Gasteiger charge is -2.27. The Labute approximate surface area is 98.7 Å². The van der Waals surface area contributed by atoms with Gasteiger partial charge in [-0.1, -0.05) is 36.4 Å². The molecule has 16 heavy (non-hydrogen) atoms. The summed E-state index contributed by atoms with van der Waals surface area (Å²) in [5.41, 5.74) is 1.97. The molecule has 1 N–H and O–H groups in total. The molecule has 0 fully saturated rings. The molecule has 2 nitrogen and oxygen atoms in total. The van der Waals surface area contributed by atoms with Gasteiger partial charge >= 0.3 is 0 Å². The Morgan fingerprint density at radius 1 is 0.938 bits per heavy atom. The van der Waals surface area contributed by atoms with Crippen molar-refractivity contribution in [3.63, 3.8) is 0 Å². The number of hydrogen-bond acceptors (Lipinski definition) is 2. The van der Waals surface area contributed by atoms with Gasteiger partial charge in [0.25, 0.3) is 6.49 Å². The van der Waals surface area contributed by atoms with Crippen LogP contribution in [0, 0.1) is 0 Å². The molecule has 1 aliphatic heterocycles. The minimum absolute atomic E-state index is 0.673. The maximum absolute atomic E-state index is 10.2. The Hall–Kier alpha value is -1.15. The average Bonchev–Trinajstić information content (AvgIpc) is 2.29. The molecular formula is C12H9O2PS. The van der Waals surface area contributed by atoms with E-state index in [1.54, 1.807) is 0 Å². The largest absolute Gasteiger partial charge is 0.440 e. The molecule has 2 aromatic carbocycles. The summed E-state index contributed by atoms with van der Waals surface area (Å²) in [5, 5.41) is 0.740. The van der Waals surface area contributed by atoms with Crippen LogP contribution in [-0.2, 0) is 11.8 Å². The van der Waals surface area contributed by atoms with Crippen LogP contribution in [0.15, 0.2) is 48.5 Å². The van der Waals surface area contributed by atoms with Gasteiger partial charge in [0, 0.05) is 5.56 Å². The number of rotatable bonds is 0. The average molecular weight is 248 g/mol. The van der Waals surface area contributed by atoms with Gasteiger partial charge in [-0.25, -0.2) is 0 Å². The highest BCUT2D eigenvalue weighted by Crippen LogP contribution is 2.51. The van der Waals surface area contributed by atoms with Gasteiger partial charge in [0.15, 0.2) is 0 Å². The van der Waals surface area contributed by atoms with Crippen LogP contribution >= 0.6 is 6.49 Å². The first kappa shape index (κ1) is 10.0. The SMILES string of the molecule is OP1(=S)Oc2ccccc2-c2ccccc21. The van der Waals surface area contributed by atoms with Crippen LogP contribution in [0.25, 0.3) is 11.1 Å². The summed E-state index contributed by atoms with van der Waals surface area (Å²) in [6, 6.07) is 15.3. The van der Waals surface area contributed by atoms with Crippen molar-refractivity contribution < 1.29 is 9.42 Å². The highest BCUT2D eigenvalue weighted by atomic mass is 32.5. The van der Waals surface area contributed by atoms with Crippen molar-refractivity contribution in [2.45, 2.75) is 0 Å². The van der Waals surface area contributed by atoms with E-state index < -0.39 is 6.49 Å². The second-order valence-corrected chi connectivity index (χ2v) is 6.82. The Bertz CT molecular complexity index is 609. The third kappa shape index (κ3) is 1.40. The molecule has 80 valence electrons. The first-order chi connectivity index (χ1) is 7.68. The summed E-state index contributed by atoms with van der Waals surface area (Å²) in [6.07, 6.45) is 0. The lowest BCUT2D eigenvalue weighted by atomic mass is 10.0. The smallest absolute Gasteiger partial charge is 0.267 e. The van der Waals surface area contributed by atoms with Gasteiger partial charge < -0.3 is 9.42 Å². The molecule has 1 aliphatic rings. The van der Waals surface area contributed by atoms with Gasteiger partial charge in [0.05, 0.1) is 5.30 Å². The molecule has 0 aromatic heterocycles. The maximum Gasteiger partial charge on any atom is 0.267 e. The van der Waals surface area contributed by atoms with E-state index in [4.69, 9.17) is 16.3 Å². The van der Waals surface area contributed by atoms with E-state index >= 15 is 0 Å². The molecule has 0 saturated carbocycles. The zero-order valence-corrected chi connectivity index (χ0v) is 10.0. The van der Waals surface area contributed by atoms with Crippen molar-refractivity contribution in [2.75, 3.05) is 0 Å². The normalized spacial score (nSPS) is 21.8. The Morgan fingerprint density at radius 2 is 1.56 bits per heavy atom. The maximum atomic E-state index is 10.2. The molecule has 0 aliphatic carbocycles. The molecule has 0 amide bonds. The summed E-state index contributed by atoms with van der Waals surface area (Å²) in [5.74, 6) is 0.673. The highest BCUT2D eigenvalue weighted by Gasteiger charge is 2.29. The summed E-state index contributed by atoms with van der Waals surface area (Å²) in [4.78, 5) is 10.2. The minimum atomic E-state index is -2.88. The van der Waals surface area contributed by atoms with E-state index in [-0.39, 0.29) is 0 Å². The first-order valence-corrected chi connectivity index (χ1v) is 7.57. The zero-order chi connectivity index (χ0) is 11.2. The van der Waals surface area contributed by atoms with Crippen LogP contribution in [0.1, 0.15) is 0 Å². The molecule has 3 rings (SSSR count). The summed E-state index contributed by atoms with van der Waals surface area (Å²) >= 11 is 5.17. The predicted octanol–water partition coefficient (Wildman–Crippen LogP) is 2.67. The second-order valence-electron chi connectivity index (χ2n) is 3.63. The van der Waals surface area contributed by atoms with Crippen LogP contribution in [0.5, 0.6) is 5.75 Å². The van der Waals surface area contributed by atoms with Crippen molar-refractivity contribution in [1.29, 1.82) is 0 Å². The predicted molar refractivity (Wildman–Crippen MR) is 68.6 cm³/mol. The van der Waals surface area contributed by atoms with Crippen molar-refractivity contribution in [3.8, 4) is 16.9 Å². The van der Waals surface area contributed by atoms with Gasteiger partial charge in [0.1, 0.15) is 5.75 Å². The standard InChI is InChI=1S/C12H9O2PS/c13-15(16)12-8-4-2-6-10(12)9-5-1-3-7-11(9)14-15/h1-8H,(H,13,16). The van der Waals surface area contributed by atoms with Crippen molar-refractivity contribution in [3.05, 3.63) is 48.5 Å². The van der Waals surface area contributed by atoms with Crippen LogP contribution < -0.4 is 9.83 Å². The molecule has 4 heteroatoms. The molecule has 0 spiro atoms. The Kier molecular flexibility index (Phi) is 2.15. The monoisotopic (exact) mass is 248 g/mol. The van der Waals surface area contributed by atoms with Crippen molar-refractivity contribution in [2.24, 2.45) is 0 Å². The fourth-order valence-electron chi connectivity index (χ4n) is 1.90. The highest BCUT2D eigenvalue weighted by molar-refractivity contribution is 8.13.